The summed E-state index contributed by atoms with van der Waals surface area (Å²) in [6, 6.07) is 18.2. The second-order valence-electron chi connectivity index (χ2n) is 7.62. The van der Waals surface area contributed by atoms with Crippen LogP contribution in [-0.2, 0) is 16.1 Å². The molecule has 0 saturated carbocycles. The number of piperidine rings is 1. The summed E-state index contributed by atoms with van der Waals surface area (Å²) in [4.78, 5) is 2.30. The second-order valence-corrected chi connectivity index (χ2v) is 7.62. The fourth-order valence-corrected chi connectivity index (χ4v) is 3.96. The molecule has 2 aliphatic rings. The Kier molecular flexibility index (Phi) is 6.60. The van der Waals surface area contributed by atoms with Crippen LogP contribution in [-0.4, -0.2) is 55.1 Å². The van der Waals surface area contributed by atoms with E-state index in [-0.39, 0.29) is 12.2 Å². The van der Waals surface area contributed by atoms with Crippen molar-refractivity contribution >= 4 is 0 Å². The van der Waals surface area contributed by atoms with Crippen molar-refractivity contribution in [1.82, 2.24) is 4.90 Å². The maximum atomic E-state index is 10.4. The maximum Gasteiger partial charge on any atom is 0.119 e. The van der Waals surface area contributed by atoms with Crippen molar-refractivity contribution in [2.75, 3.05) is 32.8 Å². The van der Waals surface area contributed by atoms with Crippen LogP contribution in [0, 0.1) is 0 Å². The highest BCUT2D eigenvalue weighted by Gasteiger charge is 2.24. The predicted molar refractivity (Wildman–Crippen MR) is 107 cm³/mol. The molecule has 28 heavy (non-hydrogen) atoms. The molecule has 5 heteroatoms. The van der Waals surface area contributed by atoms with Crippen LogP contribution < -0.4 is 4.74 Å². The molecule has 2 aliphatic heterocycles. The van der Waals surface area contributed by atoms with Gasteiger partial charge in [-0.3, -0.25) is 0 Å². The van der Waals surface area contributed by atoms with Crippen LogP contribution in [0.3, 0.4) is 0 Å². The van der Waals surface area contributed by atoms with Gasteiger partial charge >= 0.3 is 0 Å². The molecule has 150 valence electrons. The van der Waals surface area contributed by atoms with Crippen LogP contribution >= 0.6 is 0 Å². The number of hydrogen-bond donors (Lipinski definition) is 1. The molecular weight excluding hydrogens is 354 g/mol. The molecule has 0 radical (unpaired) electrons. The number of aliphatic hydroxyl groups excluding tert-OH is 1. The highest BCUT2D eigenvalue weighted by molar-refractivity contribution is 5.30. The molecule has 2 unspecified atom stereocenters. The lowest BCUT2D eigenvalue weighted by Gasteiger charge is -2.33. The Hall–Kier alpha value is -1.92. The number of rotatable bonds is 7. The second kappa shape index (κ2) is 9.52. The van der Waals surface area contributed by atoms with Crippen molar-refractivity contribution < 1.29 is 19.3 Å². The Morgan fingerprint density at radius 2 is 1.79 bits per heavy atom. The summed E-state index contributed by atoms with van der Waals surface area (Å²) < 4.78 is 17.6. The van der Waals surface area contributed by atoms with Crippen molar-refractivity contribution in [2.45, 2.75) is 37.8 Å². The van der Waals surface area contributed by atoms with Gasteiger partial charge in [-0.2, -0.15) is 0 Å². The molecule has 2 aromatic carbocycles. The number of hydrogen-bond acceptors (Lipinski definition) is 5. The van der Waals surface area contributed by atoms with E-state index in [4.69, 9.17) is 14.2 Å². The highest BCUT2D eigenvalue weighted by atomic mass is 16.5. The summed E-state index contributed by atoms with van der Waals surface area (Å²) in [6.45, 7) is 4.01. The Balaban J connectivity index is 1.19. The van der Waals surface area contributed by atoms with Gasteiger partial charge in [-0.05, 0) is 36.1 Å². The summed E-state index contributed by atoms with van der Waals surface area (Å²) in [7, 11) is 0. The lowest BCUT2D eigenvalue weighted by molar-refractivity contribution is -0.0708. The monoisotopic (exact) mass is 383 g/mol. The zero-order valence-electron chi connectivity index (χ0n) is 16.2. The third-order valence-corrected chi connectivity index (χ3v) is 5.47. The van der Waals surface area contributed by atoms with Crippen LogP contribution in [0.15, 0.2) is 54.6 Å². The van der Waals surface area contributed by atoms with Crippen LogP contribution in [0.1, 0.15) is 30.1 Å². The average Bonchev–Trinajstić information content (AvgIpc) is 2.74. The van der Waals surface area contributed by atoms with Crippen LogP contribution in [0.2, 0.25) is 0 Å². The van der Waals surface area contributed by atoms with Gasteiger partial charge in [0.15, 0.2) is 0 Å². The molecule has 1 N–H and O–H groups in total. The molecule has 2 atom stereocenters. The molecule has 0 amide bonds. The third kappa shape index (κ3) is 5.11. The lowest BCUT2D eigenvalue weighted by atomic mass is 10.0. The van der Waals surface area contributed by atoms with E-state index in [0.717, 1.165) is 31.7 Å². The lowest BCUT2D eigenvalue weighted by Crippen LogP contribution is -2.43. The molecule has 0 spiro atoms. The first kappa shape index (κ1) is 19.4. The molecule has 1 saturated heterocycles. The van der Waals surface area contributed by atoms with Crippen LogP contribution in [0.25, 0.3) is 0 Å². The first-order valence-electron chi connectivity index (χ1n) is 10.2. The number of nitrogens with zero attached hydrogens (tertiary/aromatic N) is 1. The summed E-state index contributed by atoms with van der Waals surface area (Å²) in [6.07, 6.45) is 1.62. The minimum Gasteiger partial charge on any atom is -0.490 e. The summed E-state index contributed by atoms with van der Waals surface area (Å²) >= 11 is 0. The number of benzene rings is 2. The van der Waals surface area contributed by atoms with E-state index in [0.29, 0.717) is 26.4 Å². The summed E-state index contributed by atoms with van der Waals surface area (Å²) in [5.74, 6) is 0.935. The number of β-amino-alcohol motifs (C(OH)–C–C–N with tert-alkyl or cyclic N) is 1. The molecular formula is C23H29NO4. The van der Waals surface area contributed by atoms with E-state index in [1.807, 2.05) is 42.5 Å². The molecule has 0 aromatic heterocycles. The molecule has 1 fully saturated rings. The molecule has 0 aliphatic carbocycles. The average molecular weight is 383 g/mol. The van der Waals surface area contributed by atoms with E-state index in [9.17, 15) is 5.11 Å². The molecule has 0 bridgehead atoms. The van der Waals surface area contributed by atoms with Crippen molar-refractivity contribution in [3.05, 3.63) is 65.7 Å². The fraction of sp³-hybridized carbons (Fsp3) is 0.478. The normalized spacial score (nSPS) is 21.8. The van der Waals surface area contributed by atoms with E-state index < -0.39 is 6.10 Å². The third-order valence-electron chi connectivity index (χ3n) is 5.47. The zero-order chi connectivity index (χ0) is 19.2. The van der Waals surface area contributed by atoms with Crippen LogP contribution in [0.4, 0.5) is 0 Å². The van der Waals surface area contributed by atoms with Crippen molar-refractivity contribution in [2.24, 2.45) is 0 Å². The Morgan fingerprint density at radius 1 is 1.04 bits per heavy atom. The van der Waals surface area contributed by atoms with Gasteiger partial charge in [0, 0.05) is 19.6 Å². The summed E-state index contributed by atoms with van der Waals surface area (Å²) in [5, 5.41) is 10.4. The number of para-hydroxylation sites is 1. The minimum absolute atomic E-state index is 0.0930. The minimum atomic E-state index is -0.499. The topological polar surface area (TPSA) is 51.2 Å². The number of ether oxygens (including phenoxy) is 3. The number of likely N-dealkylation sites (tertiary alicyclic amines) is 1. The van der Waals surface area contributed by atoms with E-state index in [1.165, 1.54) is 11.1 Å². The van der Waals surface area contributed by atoms with E-state index in [1.54, 1.807) is 0 Å². The smallest absolute Gasteiger partial charge is 0.119 e. The Labute approximate surface area is 166 Å². The Morgan fingerprint density at radius 3 is 2.61 bits per heavy atom. The standard InChI is InChI=1S/C23H29NO4/c25-19(16-27-23-17-26-15-18-6-4-5-9-22(18)23)14-24-12-10-21(11-13-24)28-20-7-2-1-3-8-20/h1-9,19,21,23,25H,10-17H2. The van der Waals surface area contributed by atoms with Gasteiger partial charge < -0.3 is 24.2 Å². The maximum absolute atomic E-state index is 10.4. The van der Waals surface area contributed by atoms with Gasteiger partial charge in [0.05, 0.1) is 25.9 Å². The Bertz CT molecular complexity index is 730. The first-order valence-corrected chi connectivity index (χ1v) is 10.2. The first-order chi connectivity index (χ1) is 13.8. The van der Waals surface area contributed by atoms with Crippen molar-refractivity contribution in [3.63, 3.8) is 0 Å². The van der Waals surface area contributed by atoms with Gasteiger partial charge in [-0.15, -0.1) is 0 Å². The van der Waals surface area contributed by atoms with Crippen molar-refractivity contribution in [3.8, 4) is 5.75 Å². The fourth-order valence-electron chi connectivity index (χ4n) is 3.96. The SMILES string of the molecule is OC(COC1COCc2ccccc21)CN1CCC(Oc2ccccc2)CC1. The van der Waals surface area contributed by atoms with Crippen LogP contribution in [0.5, 0.6) is 5.75 Å². The quantitative estimate of drug-likeness (QED) is 0.796. The molecule has 5 nitrogen and oxygen atoms in total. The van der Waals surface area contributed by atoms with Gasteiger partial charge in [0.1, 0.15) is 18.0 Å². The number of fused-ring (bicyclic) bond motifs is 1. The molecule has 2 aromatic rings. The van der Waals surface area contributed by atoms with Gasteiger partial charge in [-0.25, -0.2) is 0 Å². The van der Waals surface area contributed by atoms with Gasteiger partial charge in [-0.1, -0.05) is 42.5 Å². The van der Waals surface area contributed by atoms with E-state index in [2.05, 4.69) is 17.0 Å². The largest absolute Gasteiger partial charge is 0.490 e. The zero-order valence-corrected chi connectivity index (χ0v) is 16.2. The highest BCUT2D eigenvalue weighted by Crippen LogP contribution is 2.27. The van der Waals surface area contributed by atoms with E-state index >= 15 is 0 Å². The predicted octanol–water partition coefficient (Wildman–Crippen LogP) is 3.18. The van der Waals surface area contributed by atoms with Gasteiger partial charge in [0.25, 0.3) is 0 Å². The van der Waals surface area contributed by atoms with Crippen molar-refractivity contribution in [1.29, 1.82) is 0 Å². The molecule has 4 rings (SSSR count). The number of aliphatic hydroxyl groups is 1. The summed E-state index contributed by atoms with van der Waals surface area (Å²) in [5.41, 5.74) is 2.36. The van der Waals surface area contributed by atoms with Gasteiger partial charge in [0.2, 0.25) is 0 Å². The molecule has 2 heterocycles.